The Morgan fingerprint density at radius 2 is 2.00 bits per heavy atom. The standard InChI is InChI=1S/C18H18BrN7O3/c1-8(2)7-26-13-14(25(3)18(29)22-16(13)28)21-17(26)24-23-12-10-6-9(19)4-5-11(10)20-15(12)27/h4-6,8,20,27H,7H2,1-3H3,(H,22,28,29). The van der Waals surface area contributed by atoms with Crippen LogP contribution in [0, 0.1) is 5.92 Å². The topological polar surface area (TPSA) is 133 Å². The van der Waals surface area contributed by atoms with Crippen LogP contribution >= 0.6 is 15.9 Å². The predicted molar refractivity (Wildman–Crippen MR) is 112 cm³/mol. The summed E-state index contributed by atoms with van der Waals surface area (Å²) in [5.74, 6) is 0.234. The van der Waals surface area contributed by atoms with E-state index in [0.29, 0.717) is 17.4 Å². The summed E-state index contributed by atoms with van der Waals surface area (Å²) >= 11 is 3.40. The van der Waals surface area contributed by atoms with Gasteiger partial charge in [-0.05, 0) is 24.1 Å². The van der Waals surface area contributed by atoms with Crippen LogP contribution in [0.5, 0.6) is 5.88 Å². The number of nitrogens with zero attached hydrogens (tertiary/aromatic N) is 5. The molecule has 0 aliphatic heterocycles. The predicted octanol–water partition coefficient (Wildman–Crippen LogP) is 3.44. The molecule has 0 unspecified atom stereocenters. The molecule has 0 saturated heterocycles. The molecule has 0 aliphatic carbocycles. The highest BCUT2D eigenvalue weighted by molar-refractivity contribution is 9.10. The van der Waals surface area contributed by atoms with Gasteiger partial charge in [0.05, 0.1) is 5.52 Å². The highest BCUT2D eigenvalue weighted by Gasteiger charge is 2.18. The fourth-order valence-electron chi connectivity index (χ4n) is 3.17. The van der Waals surface area contributed by atoms with Gasteiger partial charge in [-0.1, -0.05) is 29.8 Å². The summed E-state index contributed by atoms with van der Waals surface area (Å²) in [6.45, 7) is 4.44. The lowest BCUT2D eigenvalue weighted by atomic mass is 10.2. The van der Waals surface area contributed by atoms with Crippen LogP contribution in [0.3, 0.4) is 0 Å². The maximum Gasteiger partial charge on any atom is 0.329 e. The summed E-state index contributed by atoms with van der Waals surface area (Å²) in [6.07, 6.45) is 0. The second-order valence-electron chi connectivity index (χ2n) is 7.12. The number of halogens is 1. The molecule has 11 heteroatoms. The van der Waals surface area contributed by atoms with E-state index in [1.165, 1.54) is 11.6 Å². The Kier molecular flexibility index (Phi) is 4.61. The first-order valence-corrected chi connectivity index (χ1v) is 9.67. The van der Waals surface area contributed by atoms with Crippen molar-refractivity contribution in [1.82, 2.24) is 24.1 Å². The number of aromatic nitrogens is 5. The second-order valence-corrected chi connectivity index (χ2v) is 8.03. The highest BCUT2D eigenvalue weighted by Crippen LogP contribution is 2.37. The molecule has 0 atom stereocenters. The molecule has 0 fully saturated rings. The van der Waals surface area contributed by atoms with Gasteiger partial charge in [-0.3, -0.25) is 14.3 Å². The second kappa shape index (κ2) is 6.99. The zero-order valence-corrected chi connectivity index (χ0v) is 17.5. The van der Waals surface area contributed by atoms with E-state index in [1.807, 2.05) is 32.0 Å². The number of imidazole rings is 1. The minimum absolute atomic E-state index is 0.126. The SMILES string of the molecule is CC(C)Cn1c(N=Nc2c(O)[nH]c3ccc(Br)cc23)nc2c1c(=O)[nH]c(=O)n2C. The number of rotatable bonds is 4. The first-order chi connectivity index (χ1) is 13.8. The molecule has 0 spiro atoms. The zero-order chi connectivity index (χ0) is 20.9. The summed E-state index contributed by atoms with van der Waals surface area (Å²) in [6, 6.07) is 5.46. The summed E-state index contributed by atoms with van der Waals surface area (Å²) in [7, 11) is 1.53. The summed E-state index contributed by atoms with van der Waals surface area (Å²) in [4.78, 5) is 33.8. The van der Waals surface area contributed by atoms with Crippen molar-refractivity contribution in [3.8, 4) is 5.88 Å². The largest absolute Gasteiger partial charge is 0.493 e. The molecule has 29 heavy (non-hydrogen) atoms. The van der Waals surface area contributed by atoms with Crippen LogP contribution in [0.15, 0.2) is 42.5 Å². The van der Waals surface area contributed by atoms with Crippen LogP contribution in [0.25, 0.3) is 22.1 Å². The van der Waals surface area contributed by atoms with Gasteiger partial charge >= 0.3 is 5.69 Å². The Bertz CT molecular complexity index is 1390. The number of nitrogens with one attached hydrogen (secondary N) is 2. The van der Waals surface area contributed by atoms with Crippen molar-refractivity contribution in [2.45, 2.75) is 20.4 Å². The normalized spacial score (nSPS) is 12.2. The van der Waals surface area contributed by atoms with Gasteiger partial charge in [0.15, 0.2) is 16.9 Å². The fourth-order valence-corrected chi connectivity index (χ4v) is 3.53. The van der Waals surface area contributed by atoms with Gasteiger partial charge in [0.25, 0.3) is 11.5 Å². The van der Waals surface area contributed by atoms with E-state index in [0.717, 1.165) is 4.47 Å². The Hall–Kier alpha value is -3.21. The lowest BCUT2D eigenvalue weighted by Crippen LogP contribution is -2.29. The maximum atomic E-state index is 12.4. The smallest absolute Gasteiger partial charge is 0.329 e. The zero-order valence-electron chi connectivity index (χ0n) is 15.9. The van der Waals surface area contributed by atoms with E-state index in [4.69, 9.17) is 0 Å². The number of aromatic amines is 2. The number of azo groups is 1. The molecule has 4 aromatic rings. The molecule has 3 N–H and O–H groups in total. The lowest BCUT2D eigenvalue weighted by molar-refractivity contribution is 0.459. The van der Waals surface area contributed by atoms with Crippen molar-refractivity contribution in [1.29, 1.82) is 0 Å². The Labute approximate surface area is 172 Å². The molecule has 0 aliphatic rings. The van der Waals surface area contributed by atoms with Gasteiger partial charge < -0.3 is 14.7 Å². The van der Waals surface area contributed by atoms with Crippen molar-refractivity contribution >= 4 is 49.6 Å². The fraction of sp³-hybridized carbons (Fsp3) is 0.278. The van der Waals surface area contributed by atoms with Crippen molar-refractivity contribution in [2.75, 3.05) is 0 Å². The van der Waals surface area contributed by atoms with E-state index < -0.39 is 11.2 Å². The number of fused-ring (bicyclic) bond motifs is 2. The molecule has 0 radical (unpaired) electrons. The van der Waals surface area contributed by atoms with Crippen LogP contribution in [-0.2, 0) is 13.6 Å². The average molecular weight is 460 g/mol. The molecule has 10 nitrogen and oxygen atoms in total. The van der Waals surface area contributed by atoms with Gasteiger partial charge in [-0.2, -0.15) is 4.98 Å². The summed E-state index contributed by atoms with van der Waals surface area (Å²) in [5.41, 5.74) is 0.345. The first-order valence-electron chi connectivity index (χ1n) is 8.87. The van der Waals surface area contributed by atoms with Crippen LogP contribution < -0.4 is 11.2 Å². The van der Waals surface area contributed by atoms with Gasteiger partial charge in [0, 0.05) is 23.5 Å². The Morgan fingerprint density at radius 1 is 1.24 bits per heavy atom. The minimum atomic E-state index is -0.556. The number of aromatic hydroxyl groups is 1. The lowest BCUT2D eigenvalue weighted by Gasteiger charge is -2.08. The molecular weight excluding hydrogens is 442 g/mol. The number of H-pyrrole nitrogens is 2. The van der Waals surface area contributed by atoms with Crippen LogP contribution in [-0.4, -0.2) is 29.2 Å². The minimum Gasteiger partial charge on any atom is -0.493 e. The van der Waals surface area contributed by atoms with E-state index in [1.54, 1.807) is 4.57 Å². The molecule has 0 bridgehead atoms. The van der Waals surface area contributed by atoms with Gasteiger partial charge in [0.2, 0.25) is 5.88 Å². The first kappa shape index (κ1) is 19.1. The Balaban J connectivity index is 1.93. The monoisotopic (exact) mass is 459 g/mol. The van der Waals surface area contributed by atoms with E-state index in [-0.39, 0.29) is 34.6 Å². The molecule has 150 valence electrons. The van der Waals surface area contributed by atoms with Crippen molar-refractivity contribution < 1.29 is 5.11 Å². The molecule has 3 heterocycles. The van der Waals surface area contributed by atoms with Gasteiger partial charge in [-0.15, -0.1) is 10.2 Å². The van der Waals surface area contributed by atoms with Crippen LogP contribution in [0.1, 0.15) is 13.8 Å². The van der Waals surface area contributed by atoms with Crippen LogP contribution in [0.4, 0.5) is 11.6 Å². The summed E-state index contributed by atoms with van der Waals surface area (Å²) < 4.78 is 3.71. The molecule has 1 aromatic carbocycles. The summed E-state index contributed by atoms with van der Waals surface area (Å²) in [5, 5.41) is 19.3. The van der Waals surface area contributed by atoms with E-state index >= 15 is 0 Å². The number of hydrogen-bond acceptors (Lipinski definition) is 6. The molecule has 0 amide bonds. The van der Waals surface area contributed by atoms with Crippen molar-refractivity contribution in [3.63, 3.8) is 0 Å². The number of hydrogen-bond donors (Lipinski definition) is 3. The molecule has 0 saturated carbocycles. The third-order valence-corrected chi connectivity index (χ3v) is 4.98. The highest BCUT2D eigenvalue weighted by atomic mass is 79.9. The van der Waals surface area contributed by atoms with Gasteiger partial charge in [-0.25, -0.2) is 4.79 Å². The van der Waals surface area contributed by atoms with Crippen LogP contribution in [0.2, 0.25) is 0 Å². The van der Waals surface area contributed by atoms with E-state index in [9.17, 15) is 14.7 Å². The third-order valence-electron chi connectivity index (χ3n) is 4.49. The van der Waals surface area contributed by atoms with E-state index in [2.05, 4.69) is 41.1 Å². The Morgan fingerprint density at radius 3 is 2.72 bits per heavy atom. The quantitative estimate of drug-likeness (QED) is 0.402. The molecular formula is C18H18BrN7O3. The number of aryl methyl sites for hydroxylation is 1. The third kappa shape index (κ3) is 3.27. The molecule has 4 rings (SSSR count). The average Bonchev–Trinajstić information content (AvgIpc) is 3.15. The van der Waals surface area contributed by atoms with Crippen molar-refractivity contribution in [3.05, 3.63) is 43.5 Å². The molecule has 3 aromatic heterocycles. The number of benzene rings is 1. The van der Waals surface area contributed by atoms with Crippen molar-refractivity contribution in [2.24, 2.45) is 23.2 Å². The maximum absolute atomic E-state index is 12.4. The van der Waals surface area contributed by atoms with Gasteiger partial charge in [0.1, 0.15) is 0 Å².